The van der Waals surface area contributed by atoms with Crippen LogP contribution in [-0.4, -0.2) is 52.0 Å². The van der Waals surface area contributed by atoms with Gasteiger partial charge in [0.2, 0.25) is 15.9 Å². The fraction of sp³-hybridized carbons (Fsp3) is 0.409. The number of ether oxygens (including phenoxy) is 3. The first kappa shape index (κ1) is 22.7. The van der Waals surface area contributed by atoms with Crippen molar-refractivity contribution in [1.29, 1.82) is 0 Å². The van der Waals surface area contributed by atoms with Crippen LogP contribution in [0.3, 0.4) is 0 Å². The van der Waals surface area contributed by atoms with E-state index in [4.69, 9.17) is 25.8 Å². The minimum absolute atomic E-state index is 0.0537. The first-order valence-corrected chi connectivity index (χ1v) is 12.1. The van der Waals surface area contributed by atoms with Crippen LogP contribution in [0.25, 0.3) is 0 Å². The number of sulfonamides is 1. The van der Waals surface area contributed by atoms with E-state index in [0.29, 0.717) is 48.1 Å². The molecule has 2 unspecified atom stereocenters. The van der Waals surface area contributed by atoms with Crippen LogP contribution >= 0.6 is 11.6 Å². The van der Waals surface area contributed by atoms with Gasteiger partial charge < -0.3 is 19.5 Å². The molecule has 0 aliphatic carbocycles. The number of carbonyl (C=O) groups is 1. The highest BCUT2D eigenvalue weighted by atomic mass is 35.5. The molecular formula is C22H25ClN2O6S. The van der Waals surface area contributed by atoms with Crippen molar-refractivity contribution in [2.45, 2.75) is 36.2 Å². The SMILES string of the molecule is COc1ccc(S(=O)(=O)N2CCCC2C(=O)NC2CCOc3ccc(Cl)cc32)cc1OC. The summed E-state index contributed by atoms with van der Waals surface area (Å²) in [6, 6.07) is 8.61. The van der Waals surface area contributed by atoms with Gasteiger partial charge in [-0.2, -0.15) is 4.31 Å². The van der Waals surface area contributed by atoms with Crippen LogP contribution in [0.4, 0.5) is 0 Å². The summed E-state index contributed by atoms with van der Waals surface area (Å²) in [5.41, 5.74) is 0.796. The molecule has 1 saturated heterocycles. The van der Waals surface area contributed by atoms with Crippen molar-refractivity contribution in [3.63, 3.8) is 0 Å². The van der Waals surface area contributed by atoms with Crippen molar-refractivity contribution in [2.75, 3.05) is 27.4 Å². The lowest BCUT2D eigenvalue weighted by atomic mass is 10.00. The Morgan fingerprint density at radius 1 is 1.12 bits per heavy atom. The summed E-state index contributed by atoms with van der Waals surface area (Å²) >= 11 is 6.13. The molecule has 2 heterocycles. The summed E-state index contributed by atoms with van der Waals surface area (Å²) in [6.07, 6.45) is 1.62. The molecule has 1 N–H and O–H groups in total. The quantitative estimate of drug-likeness (QED) is 0.682. The first-order chi connectivity index (χ1) is 15.3. The fourth-order valence-electron chi connectivity index (χ4n) is 4.19. The molecule has 8 nitrogen and oxygen atoms in total. The number of benzene rings is 2. The molecule has 0 aromatic heterocycles. The van der Waals surface area contributed by atoms with E-state index in [1.165, 1.54) is 30.7 Å². The van der Waals surface area contributed by atoms with Crippen LogP contribution in [0.15, 0.2) is 41.3 Å². The van der Waals surface area contributed by atoms with Gasteiger partial charge in [0.1, 0.15) is 11.8 Å². The molecule has 2 aromatic rings. The fourth-order valence-corrected chi connectivity index (χ4v) is 6.04. The number of hydrogen-bond acceptors (Lipinski definition) is 6. The third kappa shape index (κ3) is 4.24. The molecule has 1 amide bonds. The van der Waals surface area contributed by atoms with Gasteiger partial charge in [0.15, 0.2) is 11.5 Å². The highest BCUT2D eigenvalue weighted by molar-refractivity contribution is 7.89. The van der Waals surface area contributed by atoms with Crippen LogP contribution in [0.2, 0.25) is 5.02 Å². The normalized spacial score (nSPS) is 20.8. The topological polar surface area (TPSA) is 94.2 Å². The Morgan fingerprint density at radius 2 is 1.91 bits per heavy atom. The third-order valence-electron chi connectivity index (χ3n) is 5.80. The first-order valence-electron chi connectivity index (χ1n) is 10.3. The van der Waals surface area contributed by atoms with E-state index in [-0.39, 0.29) is 23.4 Å². The number of rotatable bonds is 6. The number of nitrogens with one attached hydrogen (secondary N) is 1. The Bertz CT molecular complexity index is 1120. The van der Waals surface area contributed by atoms with Gasteiger partial charge in [0.05, 0.1) is 31.8 Å². The maximum absolute atomic E-state index is 13.4. The van der Waals surface area contributed by atoms with E-state index < -0.39 is 16.1 Å². The summed E-state index contributed by atoms with van der Waals surface area (Å²) in [7, 11) is -0.984. The van der Waals surface area contributed by atoms with Gasteiger partial charge in [0, 0.05) is 29.6 Å². The van der Waals surface area contributed by atoms with Crippen molar-refractivity contribution in [2.24, 2.45) is 0 Å². The molecule has 32 heavy (non-hydrogen) atoms. The van der Waals surface area contributed by atoms with Crippen LogP contribution < -0.4 is 19.5 Å². The molecule has 1 fully saturated rings. The van der Waals surface area contributed by atoms with E-state index in [1.807, 2.05) is 0 Å². The Hall–Kier alpha value is -2.49. The molecule has 0 radical (unpaired) electrons. The van der Waals surface area contributed by atoms with Gasteiger partial charge in [-0.3, -0.25) is 4.79 Å². The number of amides is 1. The van der Waals surface area contributed by atoms with Gasteiger partial charge >= 0.3 is 0 Å². The molecular weight excluding hydrogens is 456 g/mol. The minimum atomic E-state index is -3.91. The molecule has 0 spiro atoms. The van der Waals surface area contributed by atoms with Crippen molar-refractivity contribution in [3.05, 3.63) is 47.0 Å². The van der Waals surface area contributed by atoms with Crippen LogP contribution in [-0.2, 0) is 14.8 Å². The van der Waals surface area contributed by atoms with E-state index in [1.54, 1.807) is 24.3 Å². The summed E-state index contributed by atoms with van der Waals surface area (Å²) in [5, 5.41) is 3.56. The average molecular weight is 481 g/mol. The second-order valence-corrected chi connectivity index (χ2v) is 10.00. The van der Waals surface area contributed by atoms with E-state index in [0.717, 1.165) is 5.56 Å². The van der Waals surface area contributed by atoms with Gasteiger partial charge in [-0.25, -0.2) is 8.42 Å². The maximum atomic E-state index is 13.4. The van der Waals surface area contributed by atoms with Crippen LogP contribution in [0, 0.1) is 0 Å². The van der Waals surface area contributed by atoms with E-state index in [2.05, 4.69) is 5.32 Å². The second kappa shape index (κ2) is 9.17. The standard InChI is InChI=1S/C22H25ClN2O6S/c1-29-20-8-6-15(13-21(20)30-2)32(27,28)25-10-3-4-18(25)22(26)24-17-9-11-31-19-7-5-14(23)12-16(17)19/h5-8,12-13,17-18H,3-4,9-11H2,1-2H3,(H,24,26). The zero-order chi connectivity index (χ0) is 22.9. The monoisotopic (exact) mass is 480 g/mol. The van der Waals surface area contributed by atoms with Gasteiger partial charge in [-0.1, -0.05) is 11.6 Å². The van der Waals surface area contributed by atoms with Crippen molar-refractivity contribution >= 4 is 27.5 Å². The molecule has 172 valence electrons. The molecule has 2 atom stereocenters. The number of halogens is 1. The van der Waals surface area contributed by atoms with E-state index >= 15 is 0 Å². The number of fused-ring (bicyclic) bond motifs is 1. The number of methoxy groups -OCH3 is 2. The largest absolute Gasteiger partial charge is 0.493 e. The zero-order valence-electron chi connectivity index (χ0n) is 17.8. The average Bonchev–Trinajstić information content (AvgIpc) is 3.30. The summed E-state index contributed by atoms with van der Waals surface area (Å²) < 4.78 is 44.1. The minimum Gasteiger partial charge on any atom is -0.493 e. The highest BCUT2D eigenvalue weighted by Crippen LogP contribution is 2.36. The van der Waals surface area contributed by atoms with Crippen molar-refractivity contribution in [3.8, 4) is 17.2 Å². The van der Waals surface area contributed by atoms with Crippen LogP contribution in [0.5, 0.6) is 17.2 Å². The highest BCUT2D eigenvalue weighted by Gasteiger charge is 2.40. The smallest absolute Gasteiger partial charge is 0.243 e. The van der Waals surface area contributed by atoms with Crippen LogP contribution in [0.1, 0.15) is 30.9 Å². The number of hydrogen-bond donors (Lipinski definition) is 1. The molecule has 4 rings (SSSR count). The molecule has 0 bridgehead atoms. The molecule has 10 heteroatoms. The molecule has 2 aromatic carbocycles. The molecule has 2 aliphatic heterocycles. The predicted octanol–water partition coefficient (Wildman–Crippen LogP) is 3.15. The molecule has 0 saturated carbocycles. The third-order valence-corrected chi connectivity index (χ3v) is 7.94. The van der Waals surface area contributed by atoms with Crippen molar-refractivity contribution < 1.29 is 27.4 Å². The predicted molar refractivity (Wildman–Crippen MR) is 119 cm³/mol. The Labute approximate surface area is 192 Å². The lowest BCUT2D eigenvalue weighted by molar-refractivity contribution is -0.125. The van der Waals surface area contributed by atoms with Crippen molar-refractivity contribution in [1.82, 2.24) is 9.62 Å². The van der Waals surface area contributed by atoms with Gasteiger partial charge in [-0.15, -0.1) is 0 Å². The van der Waals surface area contributed by atoms with Gasteiger partial charge in [0.25, 0.3) is 0 Å². The number of carbonyl (C=O) groups excluding carboxylic acids is 1. The van der Waals surface area contributed by atoms with Gasteiger partial charge in [-0.05, 0) is 43.2 Å². The Balaban J connectivity index is 1.56. The van der Waals surface area contributed by atoms with E-state index in [9.17, 15) is 13.2 Å². The summed E-state index contributed by atoms with van der Waals surface area (Å²) in [6.45, 7) is 0.725. The second-order valence-electron chi connectivity index (χ2n) is 7.67. The Morgan fingerprint density at radius 3 is 2.66 bits per heavy atom. The zero-order valence-corrected chi connectivity index (χ0v) is 19.4. The molecule has 2 aliphatic rings. The lowest BCUT2D eigenvalue weighted by Gasteiger charge is -2.30. The number of nitrogens with zero attached hydrogens (tertiary/aromatic N) is 1. The summed E-state index contributed by atoms with van der Waals surface area (Å²) in [4.78, 5) is 13.2. The lowest BCUT2D eigenvalue weighted by Crippen LogP contribution is -2.47. The maximum Gasteiger partial charge on any atom is 0.243 e. The summed E-state index contributed by atoms with van der Waals surface area (Å²) in [5.74, 6) is 1.08. The Kier molecular flexibility index (Phi) is 6.50.